The van der Waals surface area contributed by atoms with Crippen molar-refractivity contribution < 1.29 is 19.2 Å². The number of hydrogen-bond donors (Lipinski definition) is 1. The van der Waals surface area contributed by atoms with Gasteiger partial charge in [0.15, 0.2) is 0 Å². The number of fused-ring (bicyclic) bond motifs is 2. The van der Waals surface area contributed by atoms with Gasteiger partial charge in [-0.15, -0.1) is 0 Å². The second-order valence-electron chi connectivity index (χ2n) is 10.8. The number of rotatable bonds is 7. The normalized spacial score (nSPS) is 25.4. The summed E-state index contributed by atoms with van der Waals surface area (Å²) in [7, 11) is 0. The van der Waals surface area contributed by atoms with E-state index in [0.29, 0.717) is 36.2 Å². The summed E-state index contributed by atoms with van der Waals surface area (Å²) < 4.78 is 12.5. The monoisotopic (exact) mass is 487 g/mol. The molecule has 7 heteroatoms. The van der Waals surface area contributed by atoms with Crippen molar-refractivity contribution in [3.63, 3.8) is 0 Å². The number of carboxylic acids is 1. The molecule has 1 saturated carbocycles. The molecule has 4 atom stereocenters. The maximum absolute atomic E-state index is 11.4. The van der Waals surface area contributed by atoms with Gasteiger partial charge in [-0.05, 0) is 69.6 Å². The molecular weight excluding hydrogens is 454 g/mol. The van der Waals surface area contributed by atoms with Crippen molar-refractivity contribution in [1.82, 2.24) is 10.1 Å². The average Bonchev–Trinajstić information content (AvgIpc) is 3.57. The van der Waals surface area contributed by atoms with Crippen molar-refractivity contribution in [1.29, 1.82) is 0 Å². The van der Waals surface area contributed by atoms with Gasteiger partial charge in [-0.25, -0.2) is 9.78 Å². The van der Waals surface area contributed by atoms with Crippen LogP contribution in [0.15, 0.2) is 40.9 Å². The summed E-state index contributed by atoms with van der Waals surface area (Å²) >= 11 is 0. The van der Waals surface area contributed by atoms with E-state index in [9.17, 15) is 9.90 Å². The smallest absolute Gasteiger partial charge is 0.337 e. The Morgan fingerprint density at radius 2 is 1.94 bits per heavy atom. The number of aryl methyl sites for hydroxylation is 2. The van der Waals surface area contributed by atoms with E-state index < -0.39 is 5.97 Å². The summed E-state index contributed by atoms with van der Waals surface area (Å²) in [6.07, 6.45) is 5.44. The predicted octanol–water partition coefficient (Wildman–Crippen LogP) is 5.89. The minimum atomic E-state index is -0.931. The van der Waals surface area contributed by atoms with Gasteiger partial charge >= 0.3 is 5.97 Å². The van der Waals surface area contributed by atoms with E-state index in [1.54, 1.807) is 13.0 Å². The lowest BCUT2D eigenvalue weighted by Gasteiger charge is -2.40. The molecule has 3 fully saturated rings. The lowest BCUT2D eigenvalue weighted by atomic mass is 9.96. The highest BCUT2D eigenvalue weighted by atomic mass is 16.5. The number of carboxylic acid groups (broad SMARTS) is 1. The van der Waals surface area contributed by atoms with Gasteiger partial charge in [-0.1, -0.05) is 36.3 Å². The molecule has 3 aromatic rings. The van der Waals surface area contributed by atoms with Crippen LogP contribution in [0, 0.1) is 19.8 Å². The first-order valence-electron chi connectivity index (χ1n) is 13.1. The van der Waals surface area contributed by atoms with Gasteiger partial charge in [-0.2, -0.15) is 0 Å². The molecule has 2 aromatic heterocycles. The number of piperidine rings is 1. The van der Waals surface area contributed by atoms with Crippen LogP contribution in [0.3, 0.4) is 0 Å². The van der Waals surface area contributed by atoms with Crippen molar-refractivity contribution in [3.8, 4) is 11.3 Å². The molecule has 0 amide bonds. The standard InChI is InChI=1S/C29H33N3O4/c1-16-6-4-5-7-22(16)27-24(28(36-31-27)19-8-9-19)15-35-21-13-20-12-17(2)25(14-21)32(20)26-11-10-23(29(33)34)18(3)30-26/h4-7,10-11,17,19-21,25H,8-9,12-15H2,1-3H3,(H,33,34). The highest BCUT2D eigenvalue weighted by Gasteiger charge is 2.46. The summed E-state index contributed by atoms with van der Waals surface area (Å²) in [5, 5.41) is 13.9. The molecule has 1 aromatic carbocycles. The Bertz CT molecular complexity index is 1300. The fraction of sp³-hybridized carbons (Fsp3) is 0.483. The molecule has 6 rings (SSSR count). The van der Waals surface area contributed by atoms with E-state index in [1.807, 2.05) is 18.2 Å². The molecule has 0 spiro atoms. The molecule has 188 valence electrons. The molecule has 3 aliphatic rings. The molecule has 2 bridgehead atoms. The van der Waals surface area contributed by atoms with E-state index >= 15 is 0 Å². The molecule has 1 aliphatic carbocycles. The van der Waals surface area contributed by atoms with Gasteiger partial charge < -0.3 is 19.3 Å². The molecule has 4 unspecified atom stereocenters. The van der Waals surface area contributed by atoms with Crippen LogP contribution in [-0.2, 0) is 11.3 Å². The Labute approximate surface area is 211 Å². The quantitative estimate of drug-likeness (QED) is 0.444. The van der Waals surface area contributed by atoms with Gasteiger partial charge in [-0.3, -0.25) is 0 Å². The van der Waals surface area contributed by atoms with Crippen LogP contribution in [0.25, 0.3) is 11.3 Å². The number of aromatic carboxylic acids is 1. The molecule has 0 radical (unpaired) electrons. The Morgan fingerprint density at radius 1 is 1.14 bits per heavy atom. The van der Waals surface area contributed by atoms with E-state index in [2.05, 4.69) is 41.0 Å². The highest BCUT2D eigenvalue weighted by Crippen LogP contribution is 2.46. The number of pyridine rings is 1. The first-order valence-corrected chi connectivity index (χ1v) is 13.1. The van der Waals surface area contributed by atoms with Crippen molar-refractivity contribution in [2.45, 2.75) is 83.6 Å². The summed E-state index contributed by atoms with van der Waals surface area (Å²) in [6, 6.07) is 12.5. The summed E-state index contributed by atoms with van der Waals surface area (Å²) in [4.78, 5) is 18.5. The lowest BCUT2D eigenvalue weighted by molar-refractivity contribution is 0.0134. The Kier molecular flexibility index (Phi) is 5.83. The van der Waals surface area contributed by atoms with Crippen molar-refractivity contribution in [3.05, 3.63) is 64.5 Å². The summed E-state index contributed by atoms with van der Waals surface area (Å²) in [5.74, 6) is 1.95. The fourth-order valence-electron chi connectivity index (χ4n) is 6.26. The summed E-state index contributed by atoms with van der Waals surface area (Å²) in [6.45, 7) is 6.71. The summed E-state index contributed by atoms with van der Waals surface area (Å²) in [5.41, 5.74) is 5.15. The van der Waals surface area contributed by atoms with Gasteiger partial charge in [0.2, 0.25) is 0 Å². The van der Waals surface area contributed by atoms with Crippen LogP contribution in [0.4, 0.5) is 5.82 Å². The number of carbonyl (C=O) groups is 1. The molecule has 2 saturated heterocycles. The van der Waals surface area contributed by atoms with Gasteiger partial charge in [0, 0.05) is 29.1 Å². The van der Waals surface area contributed by atoms with Crippen LogP contribution in [-0.4, -0.2) is 39.4 Å². The molecule has 2 aliphatic heterocycles. The van der Waals surface area contributed by atoms with E-state index in [4.69, 9.17) is 9.26 Å². The molecule has 36 heavy (non-hydrogen) atoms. The lowest BCUT2D eigenvalue weighted by Crippen LogP contribution is -2.47. The predicted molar refractivity (Wildman–Crippen MR) is 136 cm³/mol. The Morgan fingerprint density at radius 3 is 2.64 bits per heavy atom. The molecule has 7 nitrogen and oxygen atoms in total. The van der Waals surface area contributed by atoms with Crippen LogP contribution in [0.5, 0.6) is 0 Å². The number of nitrogens with zero attached hydrogens (tertiary/aromatic N) is 3. The largest absolute Gasteiger partial charge is 0.478 e. The second-order valence-corrected chi connectivity index (χ2v) is 10.8. The zero-order chi connectivity index (χ0) is 25.0. The molecule has 4 heterocycles. The van der Waals surface area contributed by atoms with E-state index in [0.717, 1.165) is 60.5 Å². The van der Waals surface area contributed by atoms with Crippen LogP contribution < -0.4 is 4.90 Å². The average molecular weight is 488 g/mol. The van der Waals surface area contributed by atoms with Crippen LogP contribution >= 0.6 is 0 Å². The molecule has 1 N–H and O–H groups in total. The van der Waals surface area contributed by atoms with Gasteiger partial charge in [0.05, 0.1) is 24.0 Å². The van der Waals surface area contributed by atoms with Crippen molar-refractivity contribution >= 4 is 11.8 Å². The maximum Gasteiger partial charge on any atom is 0.337 e. The van der Waals surface area contributed by atoms with Gasteiger partial charge in [0.25, 0.3) is 0 Å². The zero-order valence-corrected chi connectivity index (χ0v) is 21.1. The maximum atomic E-state index is 11.4. The van der Waals surface area contributed by atoms with Crippen LogP contribution in [0.2, 0.25) is 0 Å². The minimum Gasteiger partial charge on any atom is -0.478 e. The number of aromatic nitrogens is 2. The Balaban J connectivity index is 1.21. The number of hydrogen-bond acceptors (Lipinski definition) is 6. The minimum absolute atomic E-state index is 0.160. The second kappa shape index (κ2) is 9.04. The number of ether oxygens (including phenoxy) is 1. The van der Waals surface area contributed by atoms with E-state index in [1.165, 1.54) is 5.56 Å². The highest BCUT2D eigenvalue weighted by molar-refractivity contribution is 5.89. The first-order chi connectivity index (χ1) is 17.4. The first kappa shape index (κ1) is 23.2. The van der Waals surface area contributed by atoms with E-state index in [-0.39, 0.29) is 11.7 Å². The Hall–Kier alpha value is -3.19. The van der Waals surface area contributed by atoms with Gasteiger partial charge in [0.1, 0.15) is 17.3 Å². The number of benzene rings is 1. The van der Waals surface area contributed by atoms with Crippen LogP contribution in [0.1, 0.15) is 77.9 Å². The van der Waals surface area contributed by atoms with Crippen molar-refractivity contribution in [2.24, 2.45) is 5.92 Å². The SMILES string of the molecule is Cc1ccccc1-c1noc(C2CC2)c1COC1CC2CC(C)C(C1)N2c1ccc(C(=O)O)c(C)n1. The topological polar surface area (TPSA) is 88.7 Å². The van der Waals surface area contributed by atoms with Crippen molar-refractivity contribution in [2.75, 3.05) is 4.90 Å². The third kappa shape index (κ3) is 4.09. The fourth-order valence-corrected chi connectivity index (χ4v) is 6.26. The third-order valence-corrected chi connectivity index (χ3v) is 8.29. The molecular formula is C29H33N3O4. The zero-order valence-electron chi connectivity index (χ0n) is 21.1. The third-order valence-electron chi connectivity index (χ3n) is 8.29. The number of anilines is 1.